The maximum atomic E-state index is 12.1. The number of hydrogen-bond donors (Lipinski definition) is 1. The van der Waals surface area contributed by atoms with Crippen molar-refractivity contribution in [3.8, 4) is 11.1 Å². The zero-order chi connectivity index (χ0) is 24.3. The van der Waals surface area contributed by atoms with Crippen LogP contribution in [0.2, 0.25) is 0 Å². The Hall–Kier alpha value is -3.68. The SMILES string of the molecule is O=C(NCCOCCOCCOC(=O)c1ccccc1)OCC1c2ccccc2-c2ccccc21. The number of rotatable bonds is 12. The third kappa shape index (κ3) is 6.68. The Labute approximate surface area is 205 Å². The number of nitrogens with one attached hydrogen (secondary N) is 1. The quantitative estimate of drug-likeness (QED) is 0.309. The maximum Gasteiger partial charge on any atom is 0.407 e. The Balaban J connectivity index is 1.04. The molecule has 7 heteroatoms. The lowest BCUT2D eigenvalue weighted by molar-refractivity contribution is 0.0149. The van der Waals surface area contributed by atoms with E-state index in [9.17, 15) is 9.59 Å². The molecule has 0 saturated carbocycles. The molecule has 0 aromatic heterocycles. The predicted octanol–water partition coefficient (Wildman–Crippen LogP) is 4.42. The second-order valence-electron chi connectivity index (χ2n) is 7.98. The summed E-state index contributed by atoms with van der Waals surface area (Å²) in [4.78, 5) is 23.9. The van der Waals surface area contributed by atoms with Gasteiger partial charge < -0.3 is 24.3 Å². The van der Waals surface area contributed by atoms with E-state index in [1.807, 2.05) is 30.3 Å². The number of benzene rings is 3. The van der Waals surface area contributed by atoms with Crippen molar-refractivity contribution in [3.63, 3.8) is 0 Å². The lowest BCUT2D eigenvalue weighted by Crippen LogP contribution is -2.29. The summed E-state index contributed by atoms with van der Waals surface area (Å²) in [5, 5.41) is 2.71. The van der Waals surface area contributed by atoms with Crippen molar-refractivity contribution in [1.29, 1.82) is 0 Å². The van der Waals surface area contributed by atoms with Gasteiger partial charge in [0.2, 0.25) is 0 Å². The molecule has 0 atom stereocenters. The summed E-state index contributed by atoms with van der Waals surface area (Å²) in [5.41, 5.74) is 5.27. The molecule has 0 bridgehead atoms. The first kappa shape index (κ1) is 24.4. The van der Waals surface area contributed by atoms with Crippen LogP contribution in [-0.2, 0) is 18.9 Å². The normalized spacial score (nSPS) is 12.0. The van der Waals surface area contributed by atoms with Crippen LogP contribution in [0.25, 0.3) is 11.1 Å². The first-order chi connectivity index (χ1) is 17.2. The van der Waals surface area contributed by atoms with Gasteiger partial charge in [-0.3, -0.25) is 0 Å². The maximum absolute atomic E-state index is 12.1. The molecule has 0 fully saturated rings. The minimum absolute atomic E-state index is 0.0357. The van der Waals surface area contributed by atoms with E-state index in [0.717, 1.165) is 0 Å². The van der Waals surface area contributed by atoms with Crippen molar-refractivity contribution in [2.45, 2.75) is 5.92 Å². The molecule has 7 nitrogen and oxygen atoms in total. The first-order valence-electron chi connectivity index (χ1n) is 11.7. The summed E-state index contributed by atoms with van der Waals surface area (Å²) in [6.07, 6.45) is -0.466. The van der Waals surface area contributed by atoms with Gasteiger partial charge in [-0.2, -0.15) is 0 Å². The van der Waals surface area contributed by atoms with E-state index in [1.165, 1.54) is 22.3 Å². The van der Waals surface area contributed by atoms with Gasteiger partial charge in [-0.1, -0.05) is 66.7 Å². The van der Waals surface area contributed by atoms with E-state index in [1.54, 1.807) is 24.3 Å². The number of carbonyl (C=O) groups is 2. The number of hydrogen-bond acceptors (Lipinski definition) is 6. The summed E-state index contributed by atoms with van der Waals surface area (Å²) >= 11 is 0. The molecule has 0 unspecified atom stereocenters. The fourth-order valence-electron chi connectivity index (χ4n) is 4.05. The molecule has 0 saturated heterocycles. The minimum Gasteiger partial charge on any atom is -0.460 e. The van der Waals surface area contributed by atoms with Crippen LogP contribution in [0, 0.1) is 0 Å². The zero-order valence-corrected chi connectivity index (χ0v) is 19.5. The van der Waals surface area contributed by atoms with Crippen molar-refractivity contribution >= 4 is 12.1 Å². The third-order valence-corrected chi connectivity index (χ3v) is 5.70. The van der Waals surface area contributed by atoms with E-state index >= 15 is 0 Å². The number of amides is 1. The predicted molar refractivity (Wildman–Crippen MR) is 131 cm³/mol. The third-order valence-electron chi connectivity index (χ3n) is 5.70. The van der Waals surface area contributed by atoms with Crippen LogP contribution in [0.4, 0.5) is 4.79 Å². The van der Waals surface area contributed by atoms with Gasteiger partial charge in [0.25, 0.3) is 0 Å². The van der Waals surface area contributed by atoms with Crippen molar-refractivity contribution in [2.75, 3.05) is 46.2 Å². The van der Waals surface area contributed by atoms with Crippen molar-refractivity contribution in [3.05, 3.63) is 95.6 Å². The Morgan fingerprint density at radius 2 is 1.23 bits per heavy atom. The van der Waals surface area contributed by atoms with Crippen molar-refractivity contribution in [1.82, 2.24) is 5.32 Å². The number of ether oxygens (including phenoxy) is 4. The Kier molecular flexibility index (Phi) is 8.86. The molecule has 1 N–H and O–H groups in total. The van der Waals surface area contributed by atoms with E-state index in [2.05, 4.69) is 29.6 Å². The van der Waals surface area contributed by atoms with Gasteiger partial charge in [0, 0.05) is 12.5 Å². The van der Waals surface area contributed by atoms with Crippen molar-refractivity contribution < 1.29 is 28.5 Å². The molecule has 0 spiro atoms. The van der Waals surface area contributed by atoms with Crippen LogP contribution in [0.1, 0.15) is 27.4 Å². The van der Waals surface area contributed by atoms with Gasteiger partial charge in [0.05, 0.1) is 32.0 Å². The molecule has 3 aromatic rings. The number of alkyl carbamates (subject to hydrolysis) is 1. The van der Waals surface area contributed by atoms with Gasteiger partial charge in [0.1, 0.15) is 13.2 Å². The van der Waals surface area contributed by atoms with Crippen LogP contribution in [0.5, 0.6) is 0 Å². The van der Waals surface area contributed by atoms with Crippen LogP contribution in [0.15, 0.2) is 78.9 Å². The van der Waals surface area contributed by atoms with Gasteiger partial charge in [0.15, 0.2) is 0 Å². The topological polar surface area (TPSA) is 83.1 Å². The largest absolute Gasteiger partial charge is 0.460 e. The minimum atomic E-state index is -0.466. The van der Waals surface area contributed by atoms with Gasteiger partial charge >= 0.3 is 12.1 Å². The fourth-order valence-corrected chi connectivity index (χ4v) is 4.05. The molecule has 1 aliphatic rings. The van der Waals surface area contributed by atoms with Crippen molar-refractivity contribution in [2.24, 2.45) is 0 Å². The standard InChI is InChI=1S/C28H29NO6/c30-27(21-8-2-1-3-9-21)34-19-18-33-17-16-32-15-14-29-28(31)35-20-26-24-12-6-4-10-22(24)23-11-5-7-13-25(23)26/h1-13,26H,14-20H2,(H,29,31). The summed E-state index contributed by atoms with van der Waals surface area (Å²) in [7, 11) is 0. The molecular formula is C28H29NO6. The van der Waals surface area contributed by atoms with Gasteiger partial charge in [-0.15, -0.1) is 0 Å². The van der Waals surface area contributed by atoms with Gasteiger partial charge in [-0.25, -0.2) is 9.59 Å². The smallest absolute Gasteiger partial charge is 0.407 e. The van der Waals surface area contributed by atoms with E-state index < -0.39 is 6.09 Å². The Bertz CT molecular complexity index is 1070. The lowest BCUT2D eigenvalue weighted by Gasteiger charge is -2.14. The Morgan fingerprint density at radius 1 is 0.657 bits per heavy atom. The average Bonchev–Trinajstić information content (AvgIpc) is 3.22. The summed E-state index contributed by atoms with van der Waals surface area (Å²) < 4.78 is 21.5. The molecule has 4 rings (SSSR count). The second kappa shape index (κ2) is 12.7. The molecular weight excluding hydrogens is 446 g/mol. The highest BCUT2D eigenvalue weighted by Gasteiger charge is 2.28. The monoisotopic (exact) mass is 475 g/mol. The van der Waals surface area contributed by atoms with Crippen LogP contribution in [-0.4, -0.2) is 58.2 Å². The first-order valence-corrected chi connectivity index (χ1v) is 11.7. The Morgan fingerprint density at radius 3 is 1.91 bits per heavy atom. The number of fused-ring (bicyclic) bond motifs is 3. The molecule has 1 amide bonds. The van der Waals surface area contributed by atoms with Crippen LogP contribution < -0.4 is 5.32 Å². The van der Waals surface area contributed by atoms with Crippen LogP contribution >= 0.6 is 0 Å². The summed E-state index contributed by atoms with van der Waals surface area (Å²) in [6.45, 7) is 2.18. The highest BCUT2D eigenvalue weighted by Crippen LogP contribution is 2.44. The average molecular weight is 476 g/mol. The molecule has 1 aliphatic carbocycles. The van der Waals surface area contributed by atoms with E-state index in [-0.39, 0.29) is 25.1 Å². The van der Waals surface area contributed by atoms with E-state index in [4.69, 9.17) is 18.9 Å². The number of carbonyl (C=O) groups excluding carboxylic acids is 2. The fraction of sp³-hybridized carbons (Fsp3) is 0.286. The van der Waals surface area contributed by atoms with Gasteiger partial charge in [-0.05, 0) is 34.4 Å². The number of esters is 1. The zero-order valence-electron chi connectivity index (χ0n) is 19.5. The molecule has 3 aromatic carbocycles. The molecule has 0 aliphatic heterocycles. The van der Waals surface area contributed by atoms with Crippen LogP contribution in [0.3, 0.4) is 0 Å². The highest BCUT2D eigenvalue weighted by atomic mass is 16.6. The molecule has 0 radical (unpaired) electrons. The summed E-state index contributed by atoms with van der Waals surface area (Å²) in [6, 6.07) is 25.3. The highest BCUT2D eigenvalue weighted by molar-refractivity contribution is 5.89. The second-order valence-corrected chi connectivity index (χ2v) is 7.98. The molecule has 35 heavy (non-hydrogen) atoms. The summed E-state index contributed by atoms with van der Waals surface area (Å²) in [5.74, 6) is -0.335. The molecule has 0 heterocycles. The molecule has 182 valence electrons. The van der Waals surface area contributed by atoms with E-state index in [0.29, 0.717) is 38.5 Å². The lowest BCUT2D eigenvalue weighted by atomic mass is 9.98.